The summed E-state index contributed by atoms with van der Waals surface area (Å²) in [6.45, 7) is 8.23. The second-order valence-corrected chi connectivity index (χ2v) is 4.49. The Morgan fingerprint density at radius 2 is 1.86 bits per heavy atom. The molecule has 1 saturated heterocycles. The summed E-state index contributed by atoms with van der Waals surface area (Å²) in [7, 11) is 0. The molecule has 0 bridgehead atoms. The van der Waals surface area contributed by atoms with Crippen molar-refractivity contribution in [3.05, 3.63) is 0 Å². The van der Waals surface area contributed by atoms with Gasteiger partial charge >= 0.3 is 5.97 Å². The summed E-state index contributed by atoms with van der Waals surface area (Å²) in [5, 5.41) is 0. The number of esters is 1. The fourth-order valence-corrected chi connectivity index (χ4v) is 1.43. The summed E-state index contributed by atoms with van der Waals surface area (Å²) in [4.78, 5) is 11.6. The number of carbonyl (C=O) groups is 1. The molecule has 3 nitrogen and oxygen atoms in total. The van der Waals surface area contributed by atoms with Crippen molar-refractivity contribution in [2.24, 2.45) is 0 Å². The van der Waals surface area contributed by atoms with Gasteiger partial charge in [-0.25, -0.2) is 4.79 Å². The third-order valence-corrected chi connectivity index (χ3v) is 2.94. The molecular formula is C11H20O3. The standard InChI is InChI=1S/C11H20O3/c1-5-6-7-8-13-9(12)11(4)10(2,3)14-11/h5-8H2,1-4H3. The zero-order chi connectivity index (χ0) is 10.8. The summed E-state index contributed by atoms with van der Waals surface area (Å²) < 4.78 is 10.5. The molecule has 0 spiro atoms. The summed E-state index contributed by atoms with van der Waals surface area (Å²) >= 11 is 0. The molecule has 0 amide bonds. The highest BCUT2D eigenvalue weighted by Crippen LogP contribution is 2.47. The van der Waals surface area contributed by atoms with Gasteiger partial charge in [-0.1, -0.05) is 19.8 Å². The van der Waals surface area contributed by atoms with E-state index in [0.29, 0.717) is 6.61 Å². The van der Waals surface area contributed by atoms with E-state index in [9.17, 15) is 4.79 Å². The average molecular weight is 200 g/mol. The van der Waals surface area contributed by atoms with E-state index in [4.69, 9.17) is 9.47 Å². The van der Waals surface area contributed by atoms with Gasteiger partial charge in [-0.2, -0.15) is 0 Å². The minimum absolute atomic E-state index is 0.224. The zero-order valence-corrected chi connectivity index (χ0v) is 9.55. The predicted molar refractivity (Wildman–Crippen MR) is 54.1 cm³/mol. The van der Waals surface area contributed by atoms with Crippen molar-refractivity contribution >= 4 is 5.97 Å². The summed E-state index contributed by atoms with van der Waals surface area (Å²) in [5.74, 6) is -0.224. The van der Waals surface area contributed by atoms with Crippen LogP contribution in [-0.4, -0.2) is 23.8 Å². The lowest BCUT2D eigenvalue weighted by molar-refractivity contribution is -0.149. The second kappa shape index (κ2) is 3.89. The van der Waals surface area contributed by atoms with E-state index in [2.05, 4.69) is 6.92 Å². The minimum atomic E-state index is -0.709. The van der Waals surface area contributed by atoms with E-state index < -0.39 is 5.60 Å². The Morgan fingerprint density at radius 1 is 1.29 bits per heavy atom. The molecular weight excluding hydrogens is 180 g/mol. The molecule has 1 heterocycles. The first-order valence-corrected chi connectivity index (χ1v) is 5.31. The molecule has 0 aromatic rings. The lowest BCUT2D eigenvalue weighted by Gasteiger charge is -2.08. The van der Waals surface area contributed by atoms with E-state index in [-0.39, 0.29) is 11.6 Å². The van der Waals surface area contributed by atoms with Gasteiger partial charge in [0.1, 0.15) is 5.60 Å². The molecule has 14 heavy (non-hydrogen) atoms. The van der Waals surface area contributed by atoms with Crippen molar-refractivity contribution in [2.45, 2.75) is 58.2 Å². The third-order valence-electron chi connectivity index (χ3n) is 2.94. The Labute approximate surface area is 85.8 Å². The van der Waals surface area contributed by atoms with Crippen LogP contribution in [0.25, 0.3) is 0 Å². The number of epoxide rings is 1. The molecule has 1 aliphatic rings. The van der Waals surface area contributed by atoms with Gasteiger partial charge < -0.3 is 9.47 Å². The Morgan fingerprint density at radius 3 is 2.29 bits per heavy atom. The predicted octanol–water partition coefficient (Wildman–Crippen LogP) is 2.29. The lowest BCUT2D eigenvalue weighted by atomic mass is 9.99. The first-order valence-electron chi connectivity index (χ1n) is 5.31. The molecule has 0 saturated carbocycles. The number of carbonyl (C=O) groups excluding carboxylic acids is 1. The van der Waals surface area contributed by atoms with Crippen LogP contribution >= 0.6 is 0 Å². The molecule has 0 aliphatic carbocycles. The molecule has 0 radical (unpaired) electrons. The van der Waals surface area contributed by atoms with Crippen LogP contribution in [0.5, 0.6) is 0 Å². The van der Waals surface area contributed by atoms with Gasteiger partial charge in [-0.05, 0) is 27.2 Å². The van der Waals surface area contributed by atoms with Crippen molar-refractivity contribution < 1.29 is 14.3 Å². The van der Waals surface area contributed by atoms with E-state index >= 15 is 0 Å². The van der Waals surface area contributed by atoms with Gasteiger partial charge in [0.25, 0.3) is 0 Å². The van der Waals surface area contributed by atoms with Gasteiger partial charge in [0, 0.05) is 0 Å². The van der Waals surface area contributed by atoms with Crippen molar-refractivity contribution in [3.8, 4) is 0 Å². The lowest BCUT2D eigenvalue weighted by Crippen LogP contribution is -2.30. The number of ether oxygens (including phenoxy) is 2. The highest BCUT2D eigenvalue weighted by molar-refractivity contribution is 5.84. The molecule has 1 unspecified atom stereocenters. The molecule has 1 rings (SSSR count). The molecule has 0 aromatic heterocycles. The quantitative estimate of drug-likeness (QED) is 0.388. The van der Waals surface area contributed by atoms with Crippen LogP contribution in [-0.2, 0) is 14.3 Å². The SMILES string of the molecule is CCCCCOC(=O)C1(C)OC1(C)C. The molecule has 1 fully saturated rings. The second-order valence-electron chi connectivity index (χ2n) is 4.49. The van der Waals surface area contributed by atoms with E-state index in [1.807, 2.05) is 13.8 Å². The summed E-state index contributed by atoms with van der Waals surface area (Å²) in [6, 6.07) is 0. The first-order chi connectivity index (χ1) is 6.44. The fourth-order valence-electron chi connectivity index (χ4n) is 1.43. The molecule has 1 aliphatic heterocycles. The van der Waals surface area contributed by atoms with Crippen molar-refractivity contribution in [2.75, 3.05) is 6.61 Å². The minimum Gasteiger partial charge on any atom is -0.463 e. The van der Waals surface area contributed by atoms with Gasteiger partial charge in [0.05, 0.1) is 6.61 Å². The highest BCUT2D eigenvalue weighted by Gasteiger charge is 2.66. The largest absolute Gasteiger partial charge is 0.463 e. The average Bonchev–Trinajstić information content (AvgIpc) is 2.61. The van der Waals surface area contributed by atoms with Gasteiger partial charge in [0.2, 0.25) is 0 Å². The van der Waals surface area contributed by atoms with Crippen molar-refractivity contribution in [3.63, 3.8) is 0 Å². The first kappa shape index (κ1) is 11.5. The number of unbranched alkanes of at least 4 members (excludes halogenated alkanes) is 2. The van der Waals surface area contributed by atoms with Gasteiger partial charge in [-0.3, -0.25) is 0 Å². The highest BCUT2D eigenvalue weighted by atomic mass is 16.7. The monoisotopic (exact) mass is 200 g/mol. The third kappa shape index (κ3) is 2.08. The van der Waals surface area contributed by atoms with Crippen LogP contribution in [0.3, 0.4) is 0 Å². The summed E-state index contributed by atoms with van der Waals surface area (Å²) in [6.07, 6.45) is 3.18. The number of hydrogen-bond acceptors (Lipinski definition) is 3. The number of hydrogen-bond donors (Lipinski definition) is 0. The van der Waals surface area contributed by atoms with Gasteiger partial charge in [0.15, 0.2) is 5.60 Å². The zero-order valence-electron chi connectivity index (χ0n) is 9.55. The van der Waals surface area contributed by atoms with E-state index in [1.54, 1.807) is 6.92 Å². The Balaban J connectivity index is 2.24. The molecule has 1 atom stereocenters. The molecule has 0 aromatic carbocycles. The van der Waals surface area contributed by atoms with Crippen LogP contribution < -0.4 is 0 Å². The van der Waals surface area contributed by atoms with Crippen LogP contribution in [0, 0.1) is 0 Å². The Bertz CT molecular complexity index is 223. The van der Waals surface area contributed by atoms with Crippen LogP contribution in [0.4, 0.5) is 0 Å². The molecule has 82 valence electrons. The fraction of sp³-hybridized carbons (Fsp3) is 0.909. The molecule has 3 heteroatoms. The van der Waals surface area contributed by atoms with Crippen LogP contribution in [0.2, 0.25) is 0 Å². The normalized spacial score (nSPS) is 28.6. The maximum Gasteiger partial charge on any atom is 0.341 e. The Hall–Kier alpha value is -0.570. The molecule has 0 N–H and O–H groups in total. The number of rotatable bonds is 5. The van der Waals surface area contributed by atoms with Crippen LogP contribution in [0.15, 0.2) is 0 Å². The smallest absolute Gasteiger partial charge is 0.341 e. The van der Waals surface area contributed by atoms with Crippen molar-refractivity contribution in [1.29, 1.82) is 0 Å². The van der Waals surface area contributed by atoms with Crippen molar-refractivity contribution in [1.82, 2.24) is 0 Å². The van der Waals surface area contributed by atoms with Crippen LogP contribution in [0.1, 0.15) is 47.0 Å². The summed E-state index contributed by atoms with van der Waals surface area (Å²) in [5.41, 5.74) is -1.06. The van der Waals surface area contributed by atoms with E-state index in [1.165, 1.54) is 0 Å². The Kier molecular flexibility index (Phi) is 3.20. The maximum absolute atomic E-state index is 11.6. The topological polar surface area (TPSA) is 38.8 Å². The van der Waals surface area contributed by atoms with E-state index in [0.717, 1.165) is 19.3 Å². The van der Waals surface area contributed by atoms with Gasteiger partial charge in [-0.15, -0.1) is 0 Å². The maximum atomic E-state index is 11.6.